The van der Waals surface area contributed by atoms with Gasteiger partial charge in [0.2, 0.25) is 0 Å². The first-order chi connectivity index (χ1) is 8.00. The van der Waals surface area contributed by atoms with Crippen molar-refractivity contribution in [2.24, 2.45) is 0 Å². The average Bonchev–Trinajstić information content (AvgIpc) is 2.60. The Hall–Kier alpha value is -1.10. The highest BCUT2D eigenvalue weighted by molar-refractivity contribution is 6.67. The number of carbonyl (C=O) groups is 1. The predicted molar refractivity (Wildman–Crippen MR) is 66.3 cm³/mol. The molecule has 0 saturated carbocycles. The Morgan fingerprint density at radius 3 is 2.59 bits per heavy atom. The van der Waals surface area contributed by atoms with Gasteiger partial charge in [0.05, 0.1) is 27.5 Å². The van der Waals surface area contributed by atoms with Crippen LogP contribution in [0.5, 0.6) is 0 Å². The summed E-state index contributed by atoms with van der Waals surface area (Å²) in [5.74, 6) is 0.401. The molecule has 0 aliphatic heterocycles. The fourth-order valence-electron chi connectivity index (χ4n) is 1.38. The number of carbonyl (C=O) groups excluding carboxylic acids is 1. The van der Waals surface area contributed by atoms with Crippen LogP contribution < -0.4 is 0 Å². The first kappa shape index (κ1) is 12.4. The Morgan fingerprint density at radius 2 is 2.06 bits per heavy atom. The summed E-state index contributed by atoms with van der Waals surface area (Å²) in [6.45, 7) is 1.70. The van der Waals surface area contributed by atoms with Gasteiger partial charge in [-0.05, 0) is 24.6 Å². The van der Waals surface area contributed by atoms with Gasteiger partial charge in [-0.25, -0.2) is 9.67 Å². The maximum Gasteiger partial charge on any atom is 0.255 e. The summed E-state index contributed by atoms with van der Waals surface area (Å²) in [6, 6.07) is 1.55. The minimum absolute atomic E-state index is 0.319. The second-order valence-electron chi connectivity index (χ2n) is 3.29. The van der Waals surface area contributed by atoms with Crippen molar-refractivity contribution < 1.29 is 4.79 Å². The molecule has 0 radical (unpaired) electrons. The van der Waals surface area contributed by atoms with Gasteiger partial charge in [0.1, 0.15) is 0 Å². The highest BCUT2D eigenvalue weighted by atomic mass is 35.5. The molecule has 0 fully saturated rings. The summed E-state index contributed by atoms with van der Waals surface area (Å²) in [6.07, 6.45) is 2.82. The second kappa shape index (κ2) is 4.64. The third kappa shape index (κ3) is 2.29. The normalized spacial score (nSPS) is 10.6. The first-order valence-corrected chi connectivity index (χ1v) is 5.70. The van der Waals surface area contributed by atoms with Crippen molar-refractivity contribution in [1.82, 2.24) is 14.8 Å². The molecule has 0 aliphatic rings. The van der Waals surface area contributed by atoms with Crippen molar-refractivity contribution in [3.63, 3.8) is 0 Å². The molecular formula is C10H6Cl3N3O. The Kier molecular flexibility index (Phi) is 3.38. The highest BCUT2D eigenvalue weighted by Gasteiger charge is 2.15. The number of hydrogen-bond donors (Lipinski definition) is 0. The van der Waals surface area contributed by atoms with E-state index in [0.717, 1.165) is 0 Å². The monoisotopic (exact) mass is 289 g/mol. The zero-order valence-electron chi connectivity index (χ0n) is 8.62. The molecule has 17 heavy (non-hydrogen) atoms. The maximum atomic E-state index is 11.1. The van der Waals surface area contributed by atoms with Crippen LogP contribution in [0.1, 0.15) is 16.1 Å². The van der Waals surface area contributed by atoms with Crippen molar-refractivity contribution >= 4 is 40.0 Å². The molecule has 2 rings (SSSR count). The first-order valence-electron chi connectivity index (χ1n) is 4.56. The van der Waals surface area contributed by atoms with Crippen LogP contribution in [0.15, 0.2) is 18.5 Å². The zero-order valence-corrected chi connectivity index (χ0v) is 10.9. The lowest BCUT2D eigenvalue weighted by atomic mass is 10.3. The van der Waals surface area contributed by atoms with Gasteiger partial charge < -0.3 is 0 Å². The van der Waals surface area contributed by atoms with Crippen molar-refractivity contribution in [1.29, 1.82) is 0 Å². The zero-order chi connectivity index (χ0) is 12.6. The van der Waals surface area contributed by atoms with E-state index < -0.39 is 5.24 Å². The van der Waals surface area contributed by atoms with Gasteiger partial charge in [0.25, 0.3) is 5.24 Å². The molecule has 0 atom stereocenters. The van der Waals surface area contributed by atoms with E-state index in [2.05, 4.69) is 10.1 Å². The number of nitrogens with zero attached hydrogens (tertiary/aromatic N) is 3. The molecule has 0 bridgehead atoms. The van der Waals surface area contributed by atoms with E-state index in [0.29, 0.717) is 27.1 Å². The van der Waals surface area contributed by atoms with Crippen LogP contribution in [0.25, 0.3) is 5.82 Å². The van der Waals surface area contributed by atoms with E-state index in [1.54, 1.807) is 13.0 Å². The van der Waals surface area contributed by atoms with Crippen LogP contribution in [-0.4, -0.2) is 20.0 Å². The number of rotatable bonds is 2. The molecule has 2 aromatic heterocycles. The molecule has 2 aromatic rings. The van der Waals surface area contributed by atoms with E-state index in [-0.39, 0.29) is 0 Å². The molecule has 0 aromatic carbocycles. The topological polar surface area (TPSA) is 47.8 Å². The molecule has 0 aliphatic carbocycles. The molecule has 0 N–H and O–H groups in total. The van der Waals surface area contributed by atoms with Crippen molar-refractivity contribution in [2.45, 2.75) is 6.92 Å². The number of halogens is 3. The SMILES string of the molecule is Cc1c(C(=O)Cl)cnn1-c1ncc(Cl)cc1Cl. The number of aromatic nitrogens is 3. The van der Waals surface area contributed by atoms with Crippen LogP contribution in [0.3, 0.4) is 0 Å². The van der Waals surface area contributed by atoms with Crippen LogP contribution in [0.4, 0.5) is 0 Å². The highest BCUT2D eigenvalue weighted by Crippen LogP contribution is 2.23. The van der Waals surface area contributed by atoms with Gasteiger partial charge in [-0.1, -0.05) is 23.2 Å². The summed E-state index contributed by atoms with van der Waals surface area (Å²) in [5, 5.41) is 4.22. The Labute approximate surface area is 112 Å². The lowest BCUT2D eigenvalue weighted by Gasteiger charge is -2.05. The summed E-state index contributed by atoms with van der Waals surface area (Å²) in [4.78, 5) is 15.2. The lowest BCUT2D eigenvalue weighted by Crippen LogP contribution is -2.03. The predicted octanol–water partition coefficient (Wildman–Crippen LogP) is 3.26. The van der Waals surface area contributed by atoms with Crippen molar-refractivity contribution in [3.05, 3.63) is 39.8 Å². The molecule has 0 amide bonds. The van der Waals surface area contributed by atoms with Gasteiger partial charge in [0.15, 0.2) is 5.82 Å². The minimum atomic E-state index is -0.571. The summed E-state index contributed by atoms with van der Waals surface area (Å²) >= 11 is 17.2. The molecule has 0 unspecified atom stereocenters. The van der Waals surface area contributed by atoms with Gasteiger partial charge in [-0.15, -0.1) is 0 Å². The van der Waals surface area contributed by atoms with E-state index in [1.807, 2.05) is 0 Å². The van der Waals surface area contributed by atoms with Gasteiger partial charge in [0, 0.05) is 6.20 Å². The quantitative estimate of drug-likeness (QED) is 0.798. The molecule has 0 spiro atoms. The van der Waals surface area contributed by atoms with E-state index in [1.165, 1.54) is 17.1 Å². The van der Waals surface area contributed by atoms with E-state index >= 15 is 0 Å². The standard InChI is InChI=1S/C10H6Cl3N3O/c1-5-7(9(13)17)4-15-16(5)10-8(12)2-6(11)3-14-10/h2-4H,1H3. The molecule has 2 heterocycles. The third-order valence-corrected chi connectivity index (χ3v) is 2.90. The fraction of sp³-hybridized carbons (Fsp3) is 0.100. The summed E-state index contributed by atoms with van der Waals surface area (Å²) in [5.41, 5.74) is 0.890. The van der Waals surface area contributed by atoms with Gasteiger partial charge >= 0.3 is 0 Å². The van der Waals surface area contributed by atoms with Crippen molar-refractivity contribution in [2.75, 3.05) is 0 Å². The van der Waals surface area contributed by atoms with Gasteiger partial charge in [-0.3, -0.25) is 4.79 Å². The Morgan fingerprint density at radius 1 is 1.35 bits per heavy atom. The molecule has 4 nitrogen and oxygen atoms in total. The number of hydrogen-bond acceptors (Lipinski definition) is 3. The molecule has 88 valence electrons. The van der Waals surface area contributed by atoms with Crippen LogP contribution in [0, 0.1) is 6.92 Å². The van der Waals surface area contributed by atoms with Gasteiger partial charge in [-0.2, -0.15) is 5.10 Å². The van der Waals surface area contributed by atoms with Crippen LogP contribution in [-0.2, 0) is 0 Å². The third-order valence-electron chi connectivity index (χ3n) is 2.21. The lowest BCUT2D eigenvalue weighted by molar-refractivity contribution is 0.108. The minimum Gasteiger partial charge on any atom is -0.275 e. The Bertz CT molecular complexity index is 594. The van der Waals surface area contributed by atoms with E-state index in [9.17, 15) is 4.79 Å². The average molecular weight is 291 g/mol. The summed E-state index contributed by atoms with van der Waals surface area (Å²) < 4.78 is 1.44. The molecule has 0 saturated heterocycles. The van der Waals surface area contributed by atoms with E-state index in [4.69, 9.17) is 34.8 Å². The van der Waals surface area contributed by atoms with Crippen LogP contribution >= 0.6 is 34.8 Å². The largest absolute Gasteiger partial charge is 0.275 e. The maximum absolute atomic E-state index is 11.1. The van der Waals surface area contributed by atoms with Crippen molar-refractivity contribution in [3.8, 4) is 5.82 Å². The molecule has 7 heteroatoms. The smallest absolute Gasteiger partial charge is 0.255 e. The summed E-state index contributed by atoms with van der Waals surface area (Å²) in [7, 11) is 0. The molecular weight excluding hydrogens is 284 g/mol. The van der Waals surface area contributed by atoms with Crippen LogP contribution in [0.2, 0.25) is 10.0 Å². The second-order valence-corrected chi connectivity index (χ2v) is 4.48. The Balaban J connectivity index is 2.57. The fourth-order valence-corrected chi connectivity index (χ4v) is 2.03. The number of pyridine rings is 1.